The second-order valence-corrected chi connectivity index (χ2v) is 7.96. The number of carbonyl (C=O) groups is 3. The van der Waals surface area contributed by atoms with Gasteiger partial charge in [0.1, 0.15) is 12.6 Å². The van der Waals surface area contributed by atoms with Crippen molar-refractivity contribution < 1.29 is 23.9 Å². The van der Waals surface area contributed by atoms with Crippen LogP contribution in [0.5, 0.6) is 0 Å². The van der Waals surface area contributed by atoms with Crippen LogP contribution in [0.15, 0.2) is 72.1 Å². The molecule has 3 N–H and O–H groups in total. The summed E-state index contributed by atoms with van der Waals surface area (Å²) in [5.41, 5.74) is 1.84. The molecular formula is C24H25N3O5S. The summed E-state index contributed by atoms with van der Waals surface area (Å²) >= 11 is 1.31. The summed E-state index contributed by atoms with van der Waals surface area (Å²) in [6.45, 7) is 0.424. The average Bonchev–Trinajstić information content (AvgIpc) is 3.35. The fourth-order valence-electron chi connectivity index (χ4n) is 2.97. The maximum absolute atomic E-state index is 13.1. The first-order chi connectivity index (χ1) is 16.0. The van der Waals surface area contributed by atoms with E-state index >= 15 is 0 Å². The monoisotopic (exact) mass is 467 g/mol. The molecular weight excluding hydrogens is 442 g/mol. The third-order valence-corrected chi connectivity index (χ3v) is 5.42. The van der Waals surface area contributed by atoms with Gasteiger partial charge in [-0.25, -0.2) is 4.79 Å². The van der Waals surface area contributed by atoms with Gasteiger partial charge in [-0.1, -0.05) is 42.5 Å². The van der Waals surface area contributed by atoms with Gasteiger partial charge in [-0.05, 0) is 35.2 Å². The molecule has 0 bridgehead atoms. The van der Waals surface area contributed by atoms with Crippen molar-refractivity contribution >= 4 is 40.6 Å². The van der Waals surface area contributed by atoms with Crippen LogP contribution in [-0.4, -0.2) is 44.3 Å². The van der Waals surface area contributed by atoms with Gasteiger partial charge < -0.3 is 20.1 Å². The third-order valence-electron chi connectivity index (χ3n) is 4.55. The summed E-state index contributed by atoms with van der Waals surface area (Å²) < 4.78 is 9.82. The molecule has 3 amide bonds. The van der Waals surface area contributed by atoms with Crippen molar-refractivity contribution in [2.45, 2.75) is 12.5 Å². The van der Waals surface area contributed by atoms with E-state index in [9.17, 15) is 14.4 Å². The van der Waals surface area contributed by atoms with Crippen molar-refractivity contribution in [1.29, 1.82) is 0 Å². The first-order valence-corrected chi connectivity index (χ1v) is 11.1. The van der Waals surface area contributed by atoms with Crippen LogP contribution < -0.4 is 16.0 Å². The van der Waals surface area contributed by atoms with Gasteiger partial charge in [0, 0.05) is 24.9 Å². The highest BCUT2D eigenvalue weighted by Gasteiger charge is 2.22. The lowest BCUT2D eigenvalue weighted by molar-refractivity contribution is -0.118. The topological polar surface area (TPSA) is 106 Å². The van der Waals surface area contributed by atoms with E-state index in [1.165, 1.54) is 18.4 Å². The Morgan fingerprint density at radius 1 is 0.909 bits per heavy atom. The molecule has 1 unspecified atom stereocenters. The van der Waals surface area contributed by atoms with Crippen molar-refractivity contribution in [3.63, 3.8) is 0 Å². The van der Waals surface area contributed by atoms with Crippen LogP contribution >= 0.6 is 11.3 Å². The molecule has 33 heavy (non-hydrogen) atoms. The van der Waals surface area contributed by atoms with Crippen LogP contribution in [0, 0.1) is 0 Å². The molecule has 8 nitrogen and oxygen atoms in total. The predicted molar refractivity (Wildman–Crippen MR) is 128 cm³/mol. The SMILES string of the molecule is COCCOC(=O)Nc1cccc(NC(=O)C(Cc2ccccc2)NC(=O)c2cccs2)c1. The second-order valence-electron chi connectivity index (χ2n) is 7.02. The molecule has 1 aromatic heterocycles. The summed E-state index contributed by atoms with van der Waals surface area (Å²) in [5.74, 6) is -0.682. The number of rotatable bonds is 10. The van der Waals surface area contributed by atoms with E-state index < -0.39 is 12.1 Å². The molecule has 0 saturated carbocycles. The van der Waals surface area contributed by atoms with Gasteiger partial charge in [-0.2, -0.15) is 0 Å². The molecule has 0 fully saturated rings. The fraction of sp³-hybridized carbons (Fsp3) is 0.208. The first-order valence-electron chi connectivity index (χ1n) is 10.3. The summed E-state index contributed by atoms with van der Waals surface area (Å²) in [5, 5.41) is 10.0. The first kappa shape index (κ1) is 24.0. The number of amides is 3. The Morgan fingerprint density at radius 2 is 1.67 bits per heavy atom. The number of carbonyl (C=O) groups excluding carboxylic acids is 3. The van der Waals surface area contributed by atoms with Gasteiger partial charge in [0.05, 0.1) is 11.5 Å². The highest BCUT2D eigenvalue weighted by atomic mass is 32.1. The molecule has 0 radical (unpaired) electrons. The summed E-state index contributed by atoms with van der Waals surface area (Å²) in [4.78, 5) is 38.0. The Balaban J connectivity index is 1.68. The molecule has 0 aliphatic heterocycles. The predicted octanol–water partition coefficient (Wildman–Crippen LogP) is 3.92. The number of anilines is 2. The molecule has 2 aromatic carbocycles. The van der Waals surface area contributed by atoms with E-state index in [2.05, 4.69) is 16.0 Å². The smallest absolute Gasteiger partial charge is 0.411 e. The van der Waals surface area contributed by atoms with Gasteiger partial charge in [-0.3, -0.25) is 14.9 Å². The quantitative estimate of drug-likeness (QED) is 0.392. The third kappa shape index (κ3) is 7.74. The lowest BCUT2D eigenvalue weighted by Crippen LogP contribution is -2.45. The lowest BCUT2D eigenvalue weighted by Gasteiger charge is -2.19. The van der Waals surface area contributed by atoms with Crippen LogP contribution in [0.3, 0.4) is 0 Å². The van der Waals surface area contributed by atoms with Crippen LogP contribution in [0.4, 0.5) is 16.2 Å². The van der Waals surface area contributed by atoms with Crippen LogP contribution in [0.25, 0.3) is 0 Å². The molecule has 1 atom stereocenters. The fourth-order valence-corrected chi connectivity index (χ4v) is 3.60. The van der Waals surface area contributed by atoms with Crippen molar-refractivity contribution in [2.24, 2.45) is 0 Å². The molecule has 3 rings (SSSR count). The van der Waals surface area contributed by atoms with Gasteiger partial charge in [0.2, 0.25) is 5.91 Å². The number of methoxy groups -OCH3 is 1. The molecule has 9 heteroatoms. The standard InChI is InChI=1S/C24H25N3O5S/c1-31-12-13-32-24(30)26-19-10-5-9-18(16-19)25-22(28)20(15-17-7-3-2-4-8-17)27-23(29)21-11-6-14-33-21/h2-11,14,16,20H,12-13,15H2,1H3,(H,25,28)(H,26,30)(H,27,29). The van der Waals surface area contributed by atoms with E-state index in [-0.39, 0.29) is 18.4 Å². The largest absolute Gasteiger partial charge is 0.447 e. The van der Waals surface area contributed by atoms with E-state index in [0.29, 0.717) is 29.3 Å². The Hall–Kier alpha value is -3.69. The van der Waals surface area contributed by atoms with E-state index in [4.69, 9.17) is 9.47 Å². The van der Waals surface area contributed by atoms with Crippen molar-refractivity contribution in [3.8, 4) is 0 Å². The van der Waals surface area contributed by atoms with Crippen molar-refractivity contribution in [2.75, 3.05) is 31.0 Å². The number of nitrogens with one attached hydrogen (secondary N) is 3. The van der Waals surface area contributed by atoms with Crippen molar-refractivity contribution in [1.82, 2.24) is 5.32 Å². The number of hydrogen-bond acceptors (Lipinski definition) is 6. The van der Waals surface area contributed by atoms with Crippen molar-refractivity contribution in [3.05, 3.63) is 82.6 Å². The highest BCUT2D eigenvalue weighted by Crippen LogP contribution is 2.17. The maximum atomic E-state index is 13.1. The Morgan fingerprint density at radius 3 is 2.36 bits per heavy atom. The molecule has 0 aliphatic carbocycles. The summed E-state index contributed by atoms with van der Waals surface area (Å²) in [6.07, 6.45) is -0.297. The van der Waals surface area contributed by atoms with E-state index in [0.717, 1.165) is 5.56 Å². The van der Waals surface area contributed by atoms with Crippen LogP contribution in [-0.2, 0) is 20.7 Å². The van der Waals surface area contributed by atoms with Gasteiger partial charge in [0.25, 0.3) is 5.91 Å². The zero-order chi connectivity index (χ0) is 23.5. The summed E-state index contributed by atoms with van der Waals surface area (Å²) in [7, 11) is 1.52. The Labute approximate surface area is 195 Å². The van der Waals surface area contributed by atoms with Gasteiger partial charge in [0.15, 0.2) is 0 Å². The zero-order valence-corrected chi connectivity index (χ0v) is 18.9. The molecule has 1 heterocycles. The Bertz CT molecular complexity index is 1060. The number of benzene rings is 2. The molecule has 3 aromatic rings. The lowest BCUT2D eigenvalue weighted by atomic mass is 10.0. The zero-order valence-electron chi connectivity index (χ0n) is 18.1. The normalized spacial score (nSPS) is 11.3. The molecule has 0 spiro atoms. The number of ether oxygens (including phenoxy) is 2. The van der Waals surface area contributed by atoms with E-state index in [1.54, 1.807) is 41.8 Å². The minimum Gasteiger partial charge on any atom is -0.447 e. The van der Waals surface area contributed by atoms with Gasteiger partial charge in [-0.15, -0.1) is 11.3 Å². The second kappa shape index (κ2) is 12.4. The molecule has 172 valence electrons. The molecule has 0 aliphatic rings. The number of thiophene rings is 1. The van der Waals surface area contributed by atoms with Crippen LogP contribution in [0.2, 0.25) is 0 Å². The molecule has 0 saturated heterocycles. The highest BCUT2D eigenvalue weighted by molar-refractivity contribution is 7.12. The average molecular weight is 468 g/mol. The number of hydrogen-bond donors (Lipinski definition) is 3. The van der Waals surface area contributed by atoms with Crippen LogP contribution in [0.1, 0.15) is 15.2 Å². The van der Waals surface area contributed by atoms with Gasteiger partial charge >= 0.3 is 6.09 Å². The minimum atomic E-state index is -0.794. The Kier molecular flexibility index (Phi) is 8.98. The minimum absolute atomic E-state index is 0.129. The maximum Gasteiger partial charge on any atom is 0.411 e. The summed E-state index contributed by atoms with van der Waals surface area (Å²) in [6, 6.07) is 18.8. The van der Waals surface area contributed by atoms with E-state index in [1.807, 2.05) is 30.3 Å².